The molecule has 0 N–H and O–H groups in total. The number of benzene rings is 2. The van der Waals surface area contributed by atoms with Crippen LogP contribution in [0.25, 0.3) is 11.1 Å². The van der Waals surface area contributed by atoms with Crippen molar-refractivity contribution in [2.24, 2.45) is 0 Å². The zero-order valence-electron chi connectivity index (χ0n) is 15.1. The largest absolute Gasteiger partial charge is 0.493 e. The highest BCUT2D eigenvalue weighted by Gasteiger charge is 2.38. The summed E-state index contributed by atoms with van der Waals surface area (Å²) in [7, 11) is 5.56. The summed E-state index contributed by atoms with van der Waals surface area (Å²) in [6.07, 6.45) is 2.00. The maximum absolute atomic E-state index is 5.88. The Kier molecular flexibility index (Phi) is 4.16. The summed E-state index contributed by atoms with van der Waals surface area (Å²) in [5, 5.41) is 0. The molecular formula is C20H22ClNO4. The van der Waals surface area contributed by atoms with Gasteiger partial charge in [0, 0.05) is 18.2 Å². The number of hydrogen-bond acceptors (Lipinski definition) is 5. The van der Waals surface area contributed by atoms with Crippen LogP contribution in [0.5, 0.6) is 23.0 Å². The SMILES string of the molecule is COc1cc2c(cc1OC)-c1c3c(cc4c1[C@H](C2)N(C)CC4)OCO3.Cl. The van der Waals surface area contributed by atoms with Crippen LogP contribution in [0.15, 0.2) is 18.2 Å². The third-order valence-electron chi connectivity index (χ3n) is 5.68. The highest BCUT2D eigenvalue weighted by Crippen LogP contribution is 2.55. The minimum absolute atomic E-state index is 0. The van der Waals surface area contributed by atoms with E-state index in [2.05, 4.69) is 30.1 Å². The molecule has 6 heteroatoms. The summed E-state index contributed by atoms with van der Waals surface area (Å²) in [5.74, 6) is 3.24. The summed E-state index contributed by atoms with van der Waals surface area (Å²) in [6.45, 7) is 1.34. The predicted molar refractivity (Wildman–Crippen MR) is 101 cm³/mol. The molecule has 2 aromatic carbocycles. The van der Waals surface area contributed by atoms with Crippen molar-refractivity contribution in [3.05, 3.63) is 34.9 Å². The molecule has 2 aromatic rings. The first-order valence-electron chi connectivity index (χ1n) is 8.62. The highest BCUT2D eigenvalue weighted by molar-refractivity contribution is 5.86. The lowest BCUT2D eigenvalue weighted by molar-refractivity contribution is 0.174. The number of halogens is 1. The number of fused-ring (bicyclic) bond motifs is 4. The van der Waals surface area contributed by atoms with E-state index in [1.807, 2.05) is 0 Å². The van der Waals surface area contributed by atoms with Gasteiger partial charge in [-0.25, -0.2) is 0 Å². The van der Waals surface area contributed by atoms with E-state index in [-0.39, 0.29) is 19.2 Å². The van der Waals surface area contributed by atoms with Gasteiger partial charge in [0.15, 0.2) is 23.0 Å². The minimum atomic E-state index is 0. The maximum atomic E-state index is 5.88. The van der Waals surface area contributed by atoms with Crippen LogP contribution >= 0.6 is 12.4 Å². The van der Waals surface area contributed by atoms with E-state index in [1.165, 1.54) is 27.8 Å². The molecule has 3 aliphatic rings. The lowest BCUT2D eigenvalue weighted by Crippen LogP contribution is -2.35. The van der Waals surface area contributed by atoms with Crippen molar-refractivity contribution < 1.29 is 18.9 Å². The number of ether oxygens (including phenoxy) is 4. The Bertz CT molecular complexity index is 883. The van der Waals surface area contributed by atoms with Gasteiger partial charge in [-0.1, -0.05) is 0 Å². The van der Waals surface area contributed by atoms with Crippen LogP contribution in [0.3, 0.4) is 0 Å². The molecule has 0 fully saturated rings. The van der Waals surface area contributed by atoms with Crippen LogP contribution in [0, 0.1) is 0 Å². The van der Waals surface area contributed by atoms with Gasteiger partial charge in [-0.05, 0) is 60.3 Å². The first-order valence-corrected chi connectivity index (χ1v) is 8.62. The summed E-state index contributed by atoms with van der Waals surface area (Å²) in [6, 6.07) is 6.72. The minimum Gasteiger partial charge on any atom is -0.493 e. The van der Waals surface area contributed by atoms with Crippen LogP contribution in [-0.4, -0.2) is 39.5 Å². The van der Waals surface area contributed by atoms with Crippen LogP contribution < -0.4 is 18.9 Å². The molecule has 2 heterocycles. The third kappa shape index (κ3) is 2.27. The first-order chi connectivity index (χ1) is 12.2. The molecule has 0 amide bonds. The van der Waals surface area contributed by atoms with Crippen molar-refractivity contribution in [3.63, 3.8) is 0 Å². The number of nitrogens with zero attached hydrogens (tertiary/aromatic N) is 1. The molecule has 1 aliphatic carbocycles. The Hall–Kier alpha value is -2.11. The lowest BCUT2D eigenvalue weighted by Gasteiger charge is -2.40. The molecule has 0 unspecified atom stereocenters. The topological polar surface area (TPSA) is 40.2 Å². The predicted octanol–water partition coefficient (Wildman–Crippen LogP) is 3.61. The molecule has 0 saturated heterocycles. The Balaban J connectivity index is 0.00000168. The van der Waals surface area contributed by atoms with E-state index in [0.717, 1.165) is 42.4 Å². The Morgan fingerprint density at radius 3 is 2.58 bits per heavy atom. The molecule has 138 valence electrons. The number of methoxy groups -OCH3 is 2. The summed E-state index contributed by atoms with van der Waals surface area (Å²) < 4.78 is 22.7. The normalized spacial score (nSPS) is 19.3. The molecule has 0 saturated carbocycles. The van der Waals surface area contributed by atoms with Gasteiger partial charge in [0.05, 0.1) is 14.2 Å². The fourth-order valence-electron chi connectivity index (χ4n) is 4.43. The second kappa shape index (κ2) is 6.25. The Morgan fingerprint density at radius 2 is 1.81 bits per heavy atom. The average Bonchev–Trinajstić information content (AvgIpc) is 3.11. The second-order valence-corrected chi connectivity index (χ2v) is 6.87. The summed E-state index contributed by atoms with van der Waals surface area (Å²) in [5.41, 5.74) is 6.37. The van der Waals surface area contributed by atoms with Gasteiger partial charge in [0.25, 0.3) is 0 Å². The van der Waals surface area contributed by atoms with Gasteiger partial charge in [-0.15, -0.1) is 12.4 Å². The molecular weight excluding hydrogens is 354 g/mol. The van der Waals surface area contributed by atoms with Crippen molar-refractivity contribution >= 4 is 12.4 Å². The zero-order valence-corrected chi connectivity index (χ0v) is 15.9. The number of rotatable bonds is 2. The van der Waals surface area contributed by atoms with Crippen LogP contribution in [-0.2, 0) is 12.8 Å². The van der Waals surface area contributed by atoms with E-state index in [1.54, 1.807) is 14.2 Å². The van der Waals surface area contributed by atoms with Crippen molar-refractivity contribution in [1.82, 2.24) is 4.90 Å². The smallest absolute Gasteiger partial charge is 0.231 e. The molecule has 0 radical (unpaired) electrons. The Morgan fingerprint density at radius 1 is 1.04 bits per heavy atom. The Labute approximate surface area is 159 Å². The molecule has 1 atom stereocenters. The second-order valence-electron chi connectivity index (χ2n) is 6.87. The van der Waals surface area contributed by atoms with Crippen molar-refractivity contribution in [2.75, 3.05) is 34.6 Å². The lowest BCUT2D eigenvalue weighted by atomic mass is 9.76. The van der Waals surface area contributed by atoms with Crippen molar-refractivity contribution in [1.29, 1.82) is 0 Å². The quantitative estimate of drug-likeness (QED) is 0.802. The fraction of sp³-hybridized carbons (Fsp3) is 0.400. The first kappa shape index (κ1) is 17.3. The van der Waals surface area contributed by atoms with E-state index in [0.29, 0.717) is 6.04 Å². The van der Waals surface area contributed by atoms with Gasteiger partial charge in [-0.2, -0.15) is 0 Å². The zero-order chi connectivity index (χ0) is 17.1. The van der Waals surface area contributed by atoms with Gasteiger partial charge in [0.1, 0.15) is 0 Å². The van der Waals surface area contributed by atoms with E-state index >= 15 is 0 Å². The number of likely N-dealkylation sites (N-methyl/N-ethyl adjacent to an activating group) is 1. The maximum Gasteiger partial charge on any atom is 0.231 e. The van der Waals surface area contributed by atoms with Gasteiger partial charge in [0.2, 0.25) is 6.79 Å². The molecule has 2 aliphatic heterocycles. The molecule has 5 rings (SSSR count). The van der Waals surface area contributed by atoms with Gasteiger partial charge in [-0.3, -0.25) is 4.90 Å². The van der Waals surface area contributed by atoms with Crippen molar-refractivity contribution in [3.8, 4) is 34.1 Å². The van der Waals surface area contributed by atoms with Crippen LogP contribution in [0.4, 0.5) is 0 Å². The standard InChI is InChI=1S/C20H21NO4.ClH/c1-21-5-4-11-7-17-20(25-10-24-17)19-13-9-16(23-3)15(22-2)8-12(13)6-14(21)18(11)19;/h7-9,14H,4-6,10H2,1-3H3;1H/t14-;/m0./s1. The molecule has 0 spiro atoms. The molecule has 0 bridgehead atoms. The van der Waals surface area contributed by atoms with Crippen LogP contribution in [0.2, 0.25) is 0 Å². The van der Waals surface area contributed by atoms with E-state index in [9.17, 15) is 0 Å². The summed E-state index contributed by atoms with van der Waals surface area (Å²) >= 11 is 0. The van der Waals surface area contributed by atoms with E-state index in [4.69, 9.17) is 18.9 Å². The molecule has 5 nitrogen and oxygen atoms in total. The van der Waals surface area contributed by atoms with E-state index < -0.39 is 0 Å². The molecule has 0 aromatic heterocycles. The molecule has 26 heavy (non-hydrogen) atoms. The fourth-order valence-corrected chi connectivity index (χ4v) is 4.43. The van der Waals surface area contributed by atoms with Gasteiger partial charge >= 0.3 is 0 Å². The number of hydrogen-bond donors (Lipinski definition) is 0. The monoisotopic (exact) mass is 375 g/mol. The summed E-state index contributed by atoms with van der Waals surface area (Å²) in [4.78, 5) is 2.44. The third-order valence-corrected chi connectivity index (χ3v) is 5.68. The highest BCUT2D eigenvalue weighted by atomic mass is 35.5. The van der Waals surface area contributed by atoms with Crippen molar-refractivity contribution in [2.45, 2.75) is 18.9 Å². The average molecular weight is 376 g/mol. The van der Waals surface area contributed by atoms with Crippen LogP contribution in [0.1, 0.15) is 22.7 Å². The van der Waals surface area contributed by atoms with Gasteiger partial charge < -0.3 is 18.9 Å².